The van der Waals surface area contributed by atoms with Crippen molar-refractivity contribution in [2.24, 2.45) is 5.16 Å². The number of thiazole rings is 1. The number of ether oxygens (including phenoxy) is 1. The van der Waals surface area contributed by atoms with Crippen molar-refractivity contribution in [3.05, 3.63) is 34.5 Å². The van der Waals surface area contributed by atoms with Crippen LogP contribution < -0.4 is 45.7 Å². The summed E-state index contributed by atoms with van der Waals surface area (Å²) in [6.45, 7) is -0.0913. The molecule has 1 aromatic heterocycles. The number of rotatable bonds is 7. The largest absolute Gasteiger partial charge is 1.00 e. The predicted molar refractivity (Wildman–Crippen MR) is 116 cm³/mol. The van der Waals surface area contributed by atoms with Gasteiger partial charge in [0.05, 0.1) is 11.7 Å². The number of nitrogens with zero attached hydrogens (tertiary/aromatic N) is 4. The molecule has 4 N–H and O–H groups in total. The molecule has 2 aliphatic rings. The molecule has 1 fully saturated rings. The third-order valence-electron chi connectivity index (χ3n) is 4.54. The molecule has 0 spiro atoms. The Bertz CT molecular complexity index is 1090. The van der Waals surface area contributed by atoms with E-state index in [2.05, 4.69) is 15.5 Å². The number of aromatic nitrogens is 1. The van der Waals surface area contributed by atoms with Crippen LogP contribution in [0.2, 0.25) is 0 Å². The van der Waals surface area contributed by atoms with Gasteiger partial charge in [0.1, 0.15) is 23.7 Å². The van der Waals surface area contributed by atoms with Crippen LogP contribution in [-0.2, 0) is 19.1 Å². The molecule has 2 atom stereocenters. The molecule has 0 aromatic carbocycles. The Hall–Kier alpha value is -2.59. The van der Waals surface area contributed by atoms with Gasteiger partial charge in [0.25, 0.3) is 11.8 Å². The first-order valence-electron chi connectivity index (χ1n) is 9.29. The number of carbonyl (C=O) groups is 4. The van der Waals surface area contributed by atoms with E-state index in [1.54, 1.807) is 0 Å². The number of oxime groups is 1. The topological polar surface area (TPSA) is 191 Å². The van der Waals surface area contributed by atoms with E-state index in [9.17, 15) is 29.5 Å². The minimum Gasteiger partial charge on any atom is -0.543 e. The molecule has 1 saturated heterocycles. The van der Waals surface area contributed by atoms with E-state index in [1.165, 1.54) is 48.3 Å². The van der Waals surface area contributed by atoms with Crippen LogP contribution in [0.5, 0.6) is 0 Å². The maximum atomic E-state index is 12.7. The van der Waals surface area contributed by atoms with Crippen LogP contribution in [0.15, 0.2) is 34.0 Å². The van der Waals surface area contributed by atoms with Gasteiger partial charge in [-0.25, -0.2) is 9.78 Å². The second-order valence-electron chi connectivity index (χ2n) is 6.92. The van der Waals surface area contributed by atoms with E-state index in [1.807, 2.05) is 0 Å². The molecule has 3 rings (SSSR count). The molecular weight excluding hydrogens is 499 g/mol. The second-order valence-corrected chi connectivity index (χ2v) is 8.91. The number of nitrogens with two attached hydrogens (primary N) is 1. The molecule has 0 aliphatic carbocycles. The zero-order valence-electron chi connectivity index (χ0n) is 18.4. The van der Waals surface area contributed by atoms with Gasteiger partial charge in [-0.2, -0.15) is 0 Å². The van der Waals surface area contributed by atoms with Crippen LogP contribution in [-0.4, -0.2) is 87.5 Å². The summed E-state index contributed by atoms with van der Waals surface area (Å²) in [6.07, 6.45) is 2.34. The monoisotopic (exact) mass is 518 g/mol. The number of fused-ring (bicyclic) bond motifs is 1. The fourth-order valence-corrected chi connectivity index (χ4v) is 4.88. The molecule has 0 radical (unpaired) electrons. The Morgan fingerprint density at radius 3 is 2.74 bits per heavy atom. The number of carboxylic acids is 1. The normalized spacial score (nSPS) is 19.8. The molecule has 13 nitrogen and oxygen atoms in total. The van der Waals surface area contributed by atoms with Gasteiger partial charge < -0.3 is 35.8 Å². The van der Waals surface area contributed by atoms with E-state index in [-0.39, 0.29) is 58.4 Å². The van der Waals surface area contributed by atoms with Crippen LogP contribution in [0.4, 0.5) is 9.93 Å². The number of hydrogen-bond acceptors (Lipinski definition) is 12. The molecule has 2 unspecified atom stereocenters. The van der Waals surface area contributed by atoms with E-state index in [4.69, 9.17) is 10.5 Å². The fraction of sp³-hybridized carbons (Fsp3) is 0.333. The molecule has 16 heteroatoms. The molecule has 3 heterocycles. The average Bonchev–Trinajstić information content (AvgIpc) is 3.20. The van der Waals surface area contributed by atoms with Crippen LogP contribution >= 0.6 is 23.1 Å². The Morgan fingerprint density at radius 2 is 2.18 bits per heavy atom. The van der Waals surface area contributed by atoms with E-state index in [0.29, 0.717) is 5.57 Å². The molecule has 34 heavy (non-hydrogen) atoms. The summed E-state index contributed by atoms with van der Waals surface area (Å²) < 4.78 is 4.94. The third-order valence-corrected chi connectivity index (χ3v) is 6.52. The summed E-state index contributed by atoms with van der Waals surface area (Å²) in [5, 5.41) is 27.2. The summed E-state index contributed by atoms with van der Waals surface area (Å²) in [5.41, 5.74) is 5.10. The third kappa shape index (κ3) is 5.72. The number of carbonyl (C=O) groups excluding carboxylic acids is 4. The van der Waals surface area contributed by atoms with Crippen LogP contribution in [0.3, 0.4) is 0 Å². The van der Waals surface area contributed by atoms with Crippen LogP contribution in [0.25, 0.3) is 0 Å². The first kappa shape index (κ1) is 27.7. The summed E-state index contributed by atoms with van der Waals surface area (Å²) in [7, 11) is 3.04. The molecule has 176 valence electrons. The standard InChI is InChI=1S/C18H20N6O7S2.Na/c1-23(2)18(29)31-5-3-4-8-6-32-15-11(14(26)24(15)12(8)16(27)28)21-13(25)10(22-30)9-7-33-17(19)20-9;/h3-4,7,11,15,30H,5-6H2,1-2H3,(H2,19,20)(H,21,25)(H,27,28);/q;+1/p-1/b4-3+,22-10+;. The molecule has 2 aliphatic heterocycles. The number of carboxylic acid groups (broad SMARTS) is 1. The van der Waals surface area contributed by atoms with Crippen molar-refractivity contribution in [3.8, 4) is 0 Å². The zero-order valence-corrected chi connectivity index (χ0v) is 22.0. The number of thioether (sulfide) groups is 1. The van der Waals surface area contributed by atoms with Crippen molar-refractivity contribution >= 4 is 57.8 Å². The number of amides is 3. The number of nitrogen functional groups attached to an aromatic ring is 1. The maximum Gasteiger partial charge on any atom is 1.00 e. The maximum absolute atomic E-state index is 12.7. The minimum atomic E-state index is -1.56. The Labute approximate surface area is 224 Å². The van der Waals surface area contributed by atoms with E-state index < -0.39 is 41.0 Å². The Morgan fingerprint density at radius 1 is 1.47 bits per heavy atom. The van der Waals surface area contributed by atoms with E-state index >= 15 is 0 Å². The summed E-state index contributed by atoms with van der Waals surface area (Å²) in [6, 6.07) is -1.05. The van der Waals surface area contributed by atoms with Gasteiger partial charge in [0, 0.05) is 25.2 Å². The quantitative estimate of drug-likeness (QED) is 0.104. The Balaban J connectivity index is 0.00000408. The first-order valence-corrected chi connectivity index (χ1v) is 11.2. The van der Waals surface area contributed by atoms with Gasteiger partial charge >= 0.3 is 35.7 Å². The molecule has 0 bridgehead atoms. The smallest absolute Gasteiger partial charge is 0.543 e. The number of aliphatic carboxylic acids is 1. The summed E-state index contributed by atoms with van der Waals surface area (Å²) >= 11 is 2.26. The summed E-state index contributed by atoms with van der Waals surface area (Å²) in [4.78, 5) is 54.5. The molecular formula is C18H19N6NaO7S2. The van der Waals surface area contributed by atoms with Gasteiger partial charge in [-0.1, -0.05) is 11.2 Å². The summed E-state index contributed by atoms with van der Waals surface area (Å²) in [5.74, 6) is -2.89. The number of β-lactam (4-membered cyclic amide) rings is 1. The van der Waals surface area contributed by atoms with Gasteiger partial charge in [-0.15, -0.1) is 23.1 Å². The number of hydrogen-bond donors (Lipinski definition) is 3. The molecule has 3 amide bonds. The second kappa shape index (κ2) is 11.7. The molecule has 0 saturated carbocycles. The SMILES string of the molecule is CN(C)C(=O)OC/C=C/C1=C(C(=O)[O-])N2C(=O)C(NC(=O)/C(=N/O)c3csc(N)n3)C2SC1.[Na+]. The van der Waals surface area contributed by atoms with Crippen molar-refractivity contribution in [2.75, 3.05) is 32.2 Å². The molecule has 1 aromatic rings. The van der Waals surface area contributed by atoms with Crippen LogP contribution in [0, 0.1) is 0 Å². The van der Waals surface area contributed by atoms with Crippen molar-refractivity contribution in [1.29, 1.82) is 0 Å². The number of nitrogens with one attached hydrogen (secondary N) is 1. The van der Waals surface area contributed by atoms with Gasteiger partial charge in [-0.3, -0.25) is 14.5 Å². The number of allylic oxidation sites excluding steroid dienone is 1. The van der Waals surface area contributed by atoms with Gasteiger partial charge in [0.2, 0.25) is 0 Å². The van der Waals surface area contributed by atoms with Gasteiger partial charge in [-0.05, 0) is 11.6 Å². The van der Waals surface area contributed by atoms with E-state index in [0.717, 1.165) is 16.2 Å². The number of anilines is 1. The van der Waals surface area contributed by atoms with Crippen molar-refractivity contribution in [2.45, 2.75) is 11.4 Å². The van der Waals surface area contributed by atoms with Crippen molar-refractivity contribution in [3.63, 3.8) is 0 Å². The average molecular weight is 519 g/mol. The van der Waals surface area contributed by atoms with Crippen molar-refractivity contribution < 1.29 is 63.8 Å². The Kier molecular flexibility index (Phi) is 9.52. The zero-order chi connectivity index (χ0) is 24.3. The predicted octanol–water partition coefficient (Wildman–Crippen LogP) is -4.43. The van der Waals surface area contributed by atoms with Gasteiger partial charge in [0.15, 0.2) is 10.8 Å². The minimum absolute atomic E-state index is 0. The first-order chi connectivity index (χ1) is 15.6. The fourth-order valence-electron chi connectivity index (χ4n) is 3.02. The van der Waals surface area contributed by atoms with Crippen LogP contribution in [0.1, 0.15) is 5.69 Å². The van der Waals surface area contributed by atoms with Crippen molar-refractivity contribution in [1.82, 2.24) is 20.1 Å².